The molecule has 0 spiro atoms. The van der Waals surface area contributed by atoms with Crippen molar-refractivity contribution in [3.8, 4) is 0 Å². The van der Waals surface area contributed by atoms with Gasteiger partial charge in [-0.15, -0.1) is 0 Å². The van der Waals surface area contributed by atoms with Gasteiger partial charge in [-0.25, -0.2) is 9.67 Å². The van der Waals surface area contributed by atoms with Crippen molar-refractivity contribution in [2.75, 3.05) is 0 Å². The van der Waals surface area contributed by atoms with Gasteiger partial charge in [0.25, 0.3) is 0 Å². The Bertz CT molecular complexity index is 577. The van der Waals surface area contributed by atoms with E-state index in [2.05, 4.69) is 32.9 Å². The minimum absolute atomic E-state index is 0.0199. The third kappa shape index (κ3) is 3.64. The number of carbonyl (C=O) groups excluding carboxylic acids is 1. The molecule has 1 aromatic carbocycles. The molecule has 4 nitrogen and oxygen atoms in total. The van der Waals surface area contributed by atoms with Crippen molar-refractivity contribution in [2.24, 2.45) is 0 Å². The van der Waals surface area contributed by atoms with E-state index in [0.717, 1.165) is 17.4 Å². The lowest BCUT2D eigenvalue weighted by Gasteiger charge is -2.05. The molecule has 2 rings (SSSR count). The predicted octanol–water partition coefficient (Wildman–Crippen LogP) is 3.53. The van der Waals surface area contributed by atoms with Crippen molar-refractivity contribution in [1.82, 2.24) is 14.8 Å². The van der Waals surface area contributed by atoms with Gasteiger partial charge in [0.05, 0.1) is 6.42 Å². The van der Waals surface area contributed by atoms with Crippen LogP contribution in [0.15, 0.2) is 29.0 Å². The normalized spacial score (nSPS) is 10.7. The SMILES string of the molecule is CCCn1ncnc1CC(=O)c1cc(Cl)cc(Br)c1. The van der Waals surface area contributed by atoms with E-state index < -0.39 is 0 Å². The molecular weight excluding hydrogens is 330 g/mol. The minimum Gasteiger partial charge on any atom is -0.294 e. The van der Waals surface area contributed by atoms with E-state index >= 15 is 0 Å². The number of ketones is 1. The van der Waals surface area contributed by atoms with Crippen LogP contribution in [0, 0.1) is 0 Å². The molecular formula is C13H13BrClN3O. The Hall–Kier alpha value is -1.20. The summed E-state index contributed by atoms with van der Waals surface area (Å²) in [6.07, 6.45) is 2.66. The number of aryl methyl sites for hydroxylation is 1. The second-order valence-corrected chi connectivity index (χ2v) is 5.51. The quantitative estimate of drug-likeness (QED) is 0.781. The van der Waals surface area contributed by atoms with Gasteiger partial charge in [-0.2, -0.15) is 5.10 Å². The van der Waals surface area contributed by atoms with Crippen molar-refractivity contribution in [2.45, 2.75) is 26.3 Å². The second kappa shape index (κ2) is 6.30. The Morgan fingerprint density at radius 2 is 2.21 bits per heavy atom. The minimum atomic E-state index is -0.0199. The van der Waals surface area contributed by atoms with Crippen molar-refractivity contribution < 1.29 is 4.79 Å². The van der Waals surface area contributed by atoms with Gasteiger partial charge in [0.2, 0.25) is 0 Å². The molecule has 100 valence electrons. The smallest absolute Gasteiger partial charge is 0.170 e. The number of benzene rings is 1. The van der Waals surface area contributed by atoms with Crippen LogP contribution in [-0.2, 0) is 13.0 Å². The van der Waals surface area contributed by atoms with Crippen LogP contribution in [0.4, 0.5) is 0 Å². The van der Waals surface area contributed by atoms with E-state index in [9.17, 15) is 4.79 Å². The summed E-state index contributed by atoms with van der Waals surface area (Å²) < 4.78 is 2.55. The molecule has 0 fully saturated rings. The van der Waals surface area contributed by atoms with E-state index in [1.165, 1.54) is 6.33 Å². The van der Waals surface area contributed by atoms with Crippen LogP contribution in [0.5, 0.6) is 0 Å². The van der Waals surface area contributed by atoms with E-state index in [1.807, 2.05) is 0 Å². The molecule has 0 N–H and O–H groups in total. The van der Waals surface area contributed by atoms with Crippen molar-refractivity contribution in [3.05, 3.63) is 45.4 Å². The highest BCUT2D eigenvalue weighted by molar-refractivity contribution is 9.10. The average molecular weight is 343 g/mol. The summed E-state index contributed by atoms with van der Waals surface area (Å²) in [6.45, 7) is 2.82. The number of aromatic nitrogens is 3. The molecule has 19 heavy (non-hydrogen) atoms. The number of hydrogen-bond acceptors (Lipinski definition) is 3. The summed E-state index contributed by atoms with van der Waals surface area (Å²) in [5.41, 5.74) is 0.574. The number of Topliss-reactive ketones (excluding diaryl/α,β-unsaturated/α-hetero) is 1. The van der Waals surface area contributed by atoms with Gasteiger partial charge in [0, 0.05) is 21.6 Å². The molecule has 0 saturated carbocycles. The number of rotatable bonds is 5. The predicted molar refractivity (Wildman–Crippen MR) is 77.5 cm³/mol. The highest BCUT2D eigenvalue weighted by atomic mass is 79.9. The Morgan fingerprint density at radius 3 is 2.89 bits per heavy atom. The average Bonchev–Trinajstić information content (AvgIpc) is 2.76. The molecule has 1 aromatic heterocycles. The largest absolute Gasteiger partial charge is 0.294 e. The first-order valence-corrected chi connectivity index (χ1v) is 7.13. The molecule has 0 atom stereocenters. The van der Waals surface area contributed by atoms with Crippen LogP contribution >= 0.6 is 27.5 Å². The molecule has 0 unspecified atom stereocenters. The lowest BCUT2D eigenvalue weighted by Crippen LogP contribution is -2.11. The fraction of sp³-hybridized carbons (Fsp3) is 0.308. The zero-order valence-corrected chi connectivity index (χ0v) is 12.8. The van der Waals surface area contributed by atoms with E-state index in [1.54, 1.807) is 22.9 Å². The molecule has 0 bridgehead atoms. The zero-order chi connectivity index (χ0) is 13.8. The monoisotopic (exact) mass is 341 g/mol. The summed E-state index contributed by atoms with van der Waals surface area (Å²) in [4.78, 5) is 16.3. The van der Waals surface area contributed by atoms with Gasteiger partial charge >= 0.3 is 0 Å². The summed E-state index contributed by atoms with van der Waals surface area (Å²) in [6, 6.07) is 5.17. The van der Waals surface area contributed by atoms with Gasteiger partial charge in [-0.3, -0.25) is 4.79 Å². The van der Waals surface area contributed by atoms with Crippen LogP contribution in [-0.4, -0.2) is 20.5 Å². The topological polar surface area (TPSA) is 47.8 Å². The Labute approximate surface area is 124 Å². The number of nitrogens with zero attached hydrogens (tertiary/aromatic N) is 3. The lowest BCUT2D eigenvalue weighted by molar-refractivity contribution is 0.0989. The van der Waals surface area contributed by atoms with Gasteiger partial charge in [-0.05, 0) is 24.6 Å². The van der Waals surface area contributed by atoms with E-state index in [4.69, 9.17) is 11.6 Å². The maximum atomic E-state index is 12.2. The second-order valence-electron chi connectivity index (χ2n) is 4.16. The molecule has 0 aliphatic carbocycles. The van der Waals surface area contributed by atoms with E-state index in [-0.39, 0.29) is 12.2 Å². The first kappa shape index (κ1) is 14.2. The Balaban J connectivity index is 2.18. The molecule has 1 heterocycles. The summed E-state index contributed by atoms with van der Waals surface area (Å²) >= 11 is 9.27. The standard InChI is InChI=1S/C13H13BrClN3O/c1-2-3-18-13(16-8-17-18)7-12(19)9-4-10(14)6-11(15)5-9/h4-6,8H,2-3,7H2,1H3. The van der Waals surface area contributed by atoms with Gasteiger partial charge in [0.15, 0.2) is 5.78 Å². The molecule has 0 saturated heterocycles. The first-order valence-electron chi connectivity index (χ1n) is 5.96. The van der Waals surface area contributed by atoms with Crippen molar-refractivity contribution in [1.29, 1.82) is 0 Å². The Kier molecular flexibility index (Phi) is 4.71. The highest BCUT2D eigenvalue weighted by Crippen LogP contribution is 2.20. The van der Waals surface area contributed by atoms with Crippen molar-refractivity contribution in [3.63, 3.8) is 0 Å². The first-order chi connectivity index (χ1) is 9.10. The molecule has 0 aliphatic heterocycles. The third-order valence-electron chi connectivity index (χ3n) is 2.63. The molecule has 6 heteroatoms. The third-order valence-corrected chi connectivity index (χ3v) is 3.31. The zero-order valence-electron chi connectivity index (χ0n) is 10.4. The number of hydrogen-bond donors (Lipinski definition) is 0. The van der Waals surface area contributed by atoms with Gasteiger partial charge < -0.3 is 0 Å². The summed E-state index contributed by atoms with van der Waals surface area (Å²) in [7, 11) is 0. The molecule has 0 amide bonds. The summed E-state index contributed by atoms with van der Waals surface area (Å²) in [5.74, 6) is 0.663. The lowest BCUT2D eigenvalue weighted by atomic mass is 10.1. The van der Waals surface area contributed by atoms with Crippen LogP contribution in [0.25, 0.3) is 0 Å². The molecule has 2 aromatic rings. The fourth-order valence-electron chi connectivity index (χ4n) is 1.78. The van der Waals surface area contributed by atoms with Crippen LogP contribution < -0.4 is 0 Å². The van der Waals surface area contributed by atoms with Gasteiger partial charge in [0.1, 0.15) is 12.2 Å². The number of halogens is 2. The van der Waals surface area contributed by atoms with E-state index in [0.29, 0.717) is 16.4 Å². The molecule has 0 aliphatic rings. The molecule has 0 radical (unpaired) electrons. The highest BCUT2D eigenvalue weighted by Gasteiger charge is 2.13. The number of carbonyl (C=O) groups is 1. The van der Waals surface area contributed by atoms with Crippen LogP contribution in [0.2, 0.25) is 5.02 Å². The van der Waals surface area contributed by atoms with Crippen LogP contribution in [0.1, 0.15) is 29.5 Å². The van der Waals surface area contributed by atoms with Gasteiger partial charge in [-0.1, -0.05) is 34.5 Å². The summed E-state index contributed by atoms with van der Waals surface area (Å²) in [5, 5.41) is 4.64. The Morgan fingerprint density at radius 1 is 1.42 bits per heavy atom. The maximum absolute atomic E-state index is 12.2. The maximum Gasteiger partial charge on any atom is 0.170 e. The van der Waals surface area contributed by atoms with Crippen LogP contribution in [0.3, 0.4) is 0 Å². The van der Waals surface area contributed by atoms with Crippen molar-refractivity contribution >= 4 is 33.3 Å². The fourth-order valence-corrected chi connectivity index (χ4v) is 2.64.